The minimum Gasteiger partial charge on any atom is -0.348 e. The predicted octanol–water partition coefficient (Wildman–Crippen LogP) is 4.43. The number of aromatic nitrogens is 2. The molecule has 7 heteroatoms. The summed E-state index contributed by atoms with van der Waals surface area (Å²) in [7, 11) is 0. The smallest absolute Gasteiger partial charge is 0.258 e. The van der Waals surface area contributed by atoms with Crippen molar-refractivity contribution in [2.24, 2.45) is 5.92 Å². The van der Waals surface area contributed by atoms with Crippen molar-refractivity contribution in [1.82, 2.24) is 14.7 Å². The number of benzene rings is 1. The minimum atomic E-state index is -0.0715. The maximum absolute atomic E-state index is 12.7. The second kappa shape index (κ2) is 9.59. The molecule has 1 aromatic carbocycles. The molecule has 1 N–H and O–H groups in total. The highest BCUT2D eigenvalue weighted by Gasteiger charge is 2.26. The molecular weight excluding hydrogens is 402 g/mol. The standard InChI is InChI=1S/C22H25N3O2S2/c26-19(15-28-14-18-13-20(27)25-11-12-29-22(25)23-18)24-21(16-7-3-1-4-8-16)17-9-5-2-6-10-17/h1,3-4,7-8,11-13,17,21H,2,5-6,9-10,14-15H2,(H,24,26). The molecule has 2 aromatic heterocycles. The zero-order valence-corrected chi connectivity index (χ0v) is 17.9. The third-order valence-corrected chi connectivity index (χ3v) is 7.16. The number of amides is 1. The number of nitrogens with zero attached hydrogens (tertiary/aromatic N) is 2. The number of rotatable bonds is 7. The van der Waals surface area contributed by atoms with Gasteiger partial charge in [-0.25, -0.2) is 4.98 Å². The molecule has 0 spiro atoms. The lowest BCUT2D eigenvalue weighted by molar-refractivity contribution is -0.119. The van der Waals surface area contributed by atoms with Crippen LogP contribution in [-0.4, -0.2) is 21.0 Å². The zero-order chi connectivity index (χ0) is 20.1. The van der Waals surface area contributed by atoms with Crippen molar-refractivity contribution in [2.45, 2.75) is 43.9 Å². The molecule has 1 aliphatic carbocycles. The molecule has 1 aliphatic rings. The van der Waals surface area contributed by atoms with Crippen LogP contribution in [0.4, 0.5) is 0 Å². The molecule has 1 fully saturated rings. The van der Waals surface area contributed by atoms with Gasteiger partial charge in [0.15, 0.2) is 4.96 Å². The second-order valence-corrected chi connectivity index (χ2v) is 9.35. The molecule has 1 unspecified atom stereocenters. The fourth-order valence-corrected chi connectivity index (χ4v) is 5.49. The Kier molecular flexibility index (Phi) is 6.67. The van der Waals surface area contributed by atoms with E-state index >= 15 is 0 Å². The summed E-state index contributed by atoms with van der Waals surface area (Å²) in [6.45, 7) is 0. The van der Waals surface area contributed by atoms with E-state index in [4.69, 9.17) is 0 Å². The van der Waals surface area contributed by atoms with Crippen molar-refractivity contribution in [3.05, 3.63) is 69.6 Å². The average molecular weight is 428 g/mol. The molecule has 5 nitrogen and oxygen atoms in total. The Hall–Kier alpha value is -2.12. The van der Waals surface area contributed by atoms with Crippen molar-refractivity contribution >= 4 is 34.0 Å². The average Bonchev–Trinajstić information content (AvgIpc) is 3.23. The highest BCUT2D eigenvalue weighted by Crippen LogP contribution is 2.34. The van der Waals surface area contributed by atoms with Gasteiger partial charge < -0.3 is 5.32 Å². The van der Waals surface area contributed by atoms with Gasteiger partial charge in [0, 0.05) is 23.4 Å². The van der Waals surface area contributed by atoms with E-state index < -0.39 is 0 Å². The van der Waals surface area contributed by atoms with Gasteiger partial charge in [0.1, 0.15) is 0 Å². The van der Waals surface area contributed by atoms with Crippen LogP contribution in [0, 0.1) is 5.92 Å². The van der Waals surface area contributed by atoms with Gasteiger partial charge >= 0.3 is 0 Å². The molecule has 4 rings (SSSR count). The van der Waals surface area contributed by atoms with E-state index in [0.717, 1.165) is 5.69 Å². The van der Waals surface area contributed by atoms with Gasteiger partial charge in [-0.1, -0.05) is 49.6 Å². The van der Waals surface area contributed by atoms with Crippen LogP contribution in [0.25, 0.3) is 4.96 Å². The van der Waals surface area contributed by atoms with Gasteiger partial charge in [-0.15, -0.1) is 23.1 Å². The maximum Gasteiger partial charge on any atom is 0.258 e. The van der Waals surface area contributed by atoms with Gasteiger partial charge in [-0.3, -0.25) is 14.0 Å². The fourth-order valence-electron chi connectivity index (χ4n) is 4.03. The Morgan fingerprint density at radius 3 is 2.83 bits per heavy atom. The first-order valence-corrected chi connectivity index (χ1v) is 12.1. The lowest BCUT2D eigenvalue weighted by Gasteiger charge is -2.31. The Morgan fingerprint density at radius 2 is 2.03 bits per heavy atom. The Bertz CT molecular complexity index is 1010. The van der Waals surface area contributed by atoms with E-state index in [9.17, 15) is 9.59 Å². The van der Waals surface area contributed by atoms with E-state index in [0.29, 0.717) is 22.4 Å². The number of nitrogens with one attached hydrogen (secondary N) is 1. The van der Waals surface area contributed by atoms with E-state index in [-0.39, 0.29) is 17.5 Å². The molecule has 0 aliphatic heterocycles. The van der Waals surface area contributed by atoms with Gasteiger partial charge in [0.05, 0.1) is 17.5 Å². The van der Waals surface area contributed by atoms with Crippen LogP contribution in [0.15, 0.2) is 52.8 Å². The normalized spacial score (nSPS) is 16.0. The van der Waals surface area contributed by atoms with Crippen LogP contribution < -0.4 is 10.9 Å². The van der Waals surface area contributed by atoms with Crippen LogP contribution in [0.3, 0.4) is 0 Å². The summed E-state index contributed by atoms with van der Waals surface area (Å²) in [5.74, 6) is 1.46. The van der Waals surface area contributed by atoms with E-state index in [1.54, 1.807) is 16.7 Å². The van der Waals surface area contributed by atoms with Crippen molar-refractivity contribution in [3.8, 4) is 0 Å². The SMILES string of the molecule is O=C(CSCc1cc(=O)n2ccsc2n1)NC(c1ccccc1)C1CCCCC1. The zero-order valence-electron chi connectivity index (χ0n) is 16.3. The predicted molar refractivity (Wildman–Crippen MR) is 119 cm³/mol. The Labute approximate surface area is 178 Å². The molecule has 29 heavy (non-hydrogen) atoms. The summed E-state index contributed by atoms with van der Waals surface area (Å²) >= 11 is 2.94. The van der Waals surface area contributed by atoms with Crippen molar-refractivity contribution in [1.29, 1.82) is 0 Å². The molecular formula is C22H25N3O2S2. The van der Waals surface area contributed by atoms with E-state index in [1.807, 2.05) is 23.6 Å². The fraction of sp³-hybridized carbons (Fsp3) is 0.409. The minimum absolute atomic E-state index is 0.0448. The quantitative estimate of drug-likeness (QED) is 0.606. The third-order valence-electron chi connectivity index (χ3n) is 5.44. The highest BCUT2D eigenvalue weighted by atomic mass is 32.2. The Balaban J connectivity index is 1.36. The van der Waals surface area contributed by atoms with Crippen LogP contribution in [0.1, 0.15) is 49.4 Å². The molecule has 1 amide bonds. The van der Waals surface area contributed by atoms with Crippen molar-refractivity contribution in [2.75, 3.05) is 5.75 Å². The summed E-state index contributed by atoms with van der Waals surface area (Å²) < 4.78 is 1.54. The summed E-state index contributed by atoms with van der Waals surface area (Å²) in [6.07, 6.45) is 7.84. The number of thioether (sulfide) groups is 1. The molecule has 0 saturated heterocycles. The molecule has 2 heterocycles. The first-order chi connectivity index (χ1) is 14.2. The van der Waals surface area contributed by atoms with E-state index in [2.05, 4.69) is 22.4 Å². The topological polar surface area (TPSA) is 63.5 Å². The van der Waals surface area contributed by atoms with Crippen LogP contribution in [0.5, 0.6) is 0 Å². The van der Waals surface area contributed by atoms with Gasteiger partial charge in [-0.05, 0) is 24.3 Å². The second-order valence-electron chi connectivity index (χ2n) is 7.49. The third kappa shape index (κ3) is 5.08. The lowest BCUT2D eigenvalue weighted by Crippen LogP contribution is -2.35. The highest BCUT2D eigenvalue weighted by molar-refractivity contribution is 7.99. The van der Waals surface area contributed by atoms with Gasteiger partial charge in [0.25, 0.3) is 5.56 Å². The molecule has 1 atom stereocenters. The summed E-state index contributed by atoms with van der Waals surface area (Å²) in [5.41, 5.74) is 1.84. The largest absolute Gasteiger partial charge is 0.348 e. The number of carbonyl (C=O) groups is 1. The lowest BCUT2D eigenvalue weighted by atomic mass is 9.81. The maximum atomic E-state index is 12.7. The number of thiazole rings is 1. The Morgan fingerprint density at radius 1 is 1.24 bits per heavy atom. The molecule has 0 bridgehead atoms. The monoisotopic (exact) mass is 427 g/mol. The number of hydrogen-bond donors (Lipinski definition) is 1. The summed E-state index contributed by atoms with van der Waals surface area (Å²) in [5, 5.41) is 5.13. The van der Waals surface area contributed by atoms with Gasteiger partial charge in [-0.2, -0.15) is 0 Å². The molecule has 3 aromatic rings. The number of hydrogen-bond acceptors (Lipinski definition) is 5. The van der Waals surface area contributed by atoms with Crippen LogP contribution >= 0.6 is 23.1 Å². The summed E-state index contributed by atoms with van der Waals surface area (Å²) in [6, 6.07) is 11.9. The molecule has 0 radical (unpaired) electrons. The number of fused-ring (bicyclic) bond motifs is 1. The van der Waals surface area contributed by atoms with E-state index in [1.165, 1.54) is 60.8 Å². The van der Waals surface area contributed by atoms with Crippen molar-refractivity contribution in [3.63, 3.8) is 0 Å². The van der Waals surface area contributed by atoms with Crippen LogP contribution in [0.2, 0.25) is 0 Å². The first kappa shape index (κ1) is 20.2. The molecule has 152 valence electrons. The van der Waals surface area contributed by atoms with Gasteiger partial charge in [0.2, 0.25) is 5.91 Å². The van der Waals surface area contributed by atoms with Crippen molar-refractivity contribution < 1.29 is 4.79 Å². The summed E-state index contributed by atoms with van der Waals surface area (Å²) in [4.78, 5) is 30.0. The van der Waals surface area contributed by atoms with Crippen LogP contribution in [-0.2, 0) is 10.5 Å². The molecule has 1 saturated carbocycles. The first-order valence-electron chi connectivity index (χ1n) is 10.1. The number of carbonyl (C=O) groups excluding carboxylic acids is 1.